The van der Waals surface area contributed by atoms with E-state index in [4.69, 9.17) is 5.10 Å². The van der Waals surface area contributed by atoms with Crippen LogP contribution in [0.1, 0.15) is 28.5 Å². The Kier molecular flexibility index (Phi) is 4.39. The first-order chi connectivity index (χ1) is 12.3. The number of nitrogens with zero attached hydrogens (tertiary/aromatic N) is 4. The van der Waals surface area contributed by atoms with E-state index in [2.05, 4.69) is 26.7 Å². The SMILES string of the molecule is O=C(NCCn1nc([C@@H]2CCNC2)c2cccnc21)c1ccccn1. The molecule has 0 aliphatic carbocycles. The van der Waals surface area contributed by atoms with Crippen LogP contribution in [0.4, 0.5) is 0 Å². The van der Waals surface area contributed by atoms with Gasteiger partial charge in [0.15, 0.2) is 5.65 Å². The number of rotatable bonds is 5. The zero-order chi connectivity index (χ0) is 17.1. The first-order valence-electron chi connectivity index (χ1n) is 8.54. The third kappa shape index (κ3) is 3.23. The lowest BCUT2D eigenvalue weighted by atomic mass is 10.0. The second-order valence-corrected chi connectivity index (χ2v) is 6.14. The van der Waals surface area contributed by atoms with Gasteiger partial charge in [-0.2, -0.15) is 5.10 Å². The second kappa shape index (κ2) is 6.98. The summed E-state index contributed by atoms with van der Waals surface area (Å²) in [6.45, 7) is 3.04. The van der Waals surface area contributed by atoms with Crippen molar-refractivity contribution < 1.29 is 4.79 Å². The number of hydrogen-bond donors (Lipinski definition) is 2. The van der Waals surface area contributed by atoms with E-state index in [1.54, 1.807) is 30.6 Å². The molecule has 128 valence electrons. The monoisotopic (exact) mass is 336 g/mol. The van der Waals surface area contributed by atoms with Crippen LogP contribution in [0.3, 0.4) is 0 Å². The summed E-state index contributed by atoms with van der Waals surface area (Å²) in [5.41, 5.74) is 2.39. The van der Waals surface area contributed by atoms with Gasteiger partial charge >= 0.3 is 0 Å². The standard InChI is InChI=1S/C18H20N6O/c25-18(15-5-1-2-7-20-15)22-10-11-24-17-14(4-3-8-21-17)16(23-24)13-6-9-19-12-13/h1-5,7-8,13,19H,6,9-12H2,(H,22,25)/t13-/m1/s1. The number of fused-ring (bicyclic) bond motifs is 1. The van der Waals surface area contributed by atoms with Gasteiger partial charge in [-0.1, -0.05) is 6.07 Å². The van der Waals surface area contributed by atoms with Crippen molar-refractivity contribution in [3.8, 4) is 0 Å². The predicted molar refractivity (Wildman–Crippen MR) is 94.3 cm³/mol. The van der Waals surface area contributed by atoms with Gasteiger partial charge in [-0.05, 0) is 37.2 Å². The van der Waals surface area contributed by atoms with Crippen molar-refractivity contribution in [3.05, 3.63) is 54.1 Å². The van der Waals surface area contributed by atoms with Crippen molar-refractivity contribution in [1.29, 1.82) is 0 Å². The van der Waals surface area contributed by atoms with Gasteiger partial charge in [0.1, 0.15) is 5.69 Å². The maximum atomic E-state index is 12.1. The van der Waals surface area contributed by atoms with Gasteiger partial charge in [-0.25, -0.2) is 9.67 Å². The summed E-state index contributed by atoms with van der Waals surface area (Å²) in [6, 6.07) is 9.31. The molecule has 25 heavy (non-hydrogen) atoms. The van der Waals surface area contributed by atoms with E-state index in [0.29, 0.717) is 24.7 Å². The highest BCUT2D eigenvalue weighted by Gasteiger charge is 2.23. The van der Waals surface area contributed by atoms with Gasteiger partial charge in [0.2, 0.25) is 0 Å². The highest BCUT2D eigenvalue weighted by Crippen LogP contribution is 2.27. The normalized spacial score (nSPS) is 17.0. The highest BCUT2D eigenvalue weighted by atomic mass is 16.1. The van der Waals surface area contributed by atoms with E-state index in [0.717, 1.165) is 36.2 Å². The number of carbonyl (C=O) groups is 1. The van der Waals surface area contributed by atoms with Crippen molar-refractivity contribution in [2.75, 3.05) is 19.6 Å². The summed E-state index contributed by atoms with van der Waals surface area (Å²) >= 11 is 0. The van der Waals surface area contributed by atoms with Crippen LogP contribution in [0.15, 0.2) is 42.7 Å². The number of pyridine rings is 2. The first-order valence-corrected chi connectivity index (χ1v) is 8.54. The Morgan fingerprint density at radius 1 is 1.24 bits per heavy atom. The Hall–Kier alpha value is -2.80. The van der Waals surface area contributed by atoms with Gasteiger partial charge in [-0.15, -0.1) is 0 Å². The molecule has 7 heteroatoms. The molecule has 0 saturated carbocycles. The molecule has 1 saturated heterocycles. The lowest BCUT2D eigenvalue weighted by Gasteiger charge is -2.06. The van der Waals surface area contributed by atoms with Crippen LogP contribution in [-0.4, -0.2) is 45.3 Å². The van der Waals surface area contributed by atoms with E-state index >= 15 is 0 Å². The molecular weight excluding hydrogens is 316 g/mol. The number of aromatic nitrogens is 4. The molecule has 1 aliphatic heterocycles. The maximum Gasteiger partial charge on any atom is 0.269 e. The zero-order valence-electron chi connectivity index (χ0n) is 13.9. The van der Waals surface area contributed by atoms with Crippen LogP contribution in [0, 0.1) is 0 Å². The molecule has 4 rings (SSSR count). The number of carbonyl (C=O) groups excluding carboxylic acids is 1. The van der Waals surface area contributed by atoms with Crippen LogP contribution in [0.5, 0.6) is 0 Å². The molecule has 0 spiro atoms. The molecule has 0 bridgehead atoms. The minimum absolute atomic E-state index is 0.176. The Labute approximate surface area is 145 Å². The van der Waals surface area contributed by atoms with Crippen LogP contribution < -0.4 is 10.6 Å². The number of nitrogens with one attached hydrogen (secondary N) is 2. The molecule has 3 aromatic heterocycles. The molecule has 2 N–H and O–H groups in total. The van der Waals surface area contributed by atoms with E-state index in [-0.39, 0.29) is 5.91 Å². The number of amides is 1. The van der Waals surface area contributed by atoms with E-state index in [1.165, 1.54) is 0 Å². The fourth-order valence-corrected chi connectivity index (χ4v) is 3.24. The first kappa shape index (κ1) is 15.7. The van der Waals surface area contributed by atoms with E-state index < -0.39 is 0 Å². The lowest BCUT2D eigenvalue weighted by molar-refractivity contribution is 0.0947. The minimum atomic E-state index is -0.176. The van der Waals surface area contributed by atoms with Crippen LogP contribution >= 0.6 is 0 Å². The number of hydrogen-bond acceptors (Lipinski definition) is 5. The Bertz CT molecular complexity index is 870. The summed E-state index contributed by atoms with van der Waals surface area (Å²) in [7, 11) is 0. The molecule has 0 unspecified atom stereocenters. The topological polar surface area (TPSA) is 84.7 Å². The second-order valence-electron chi connectivity index (χ2n) is 6.14. The fraction of sp³-hybridized carbons (Fsp3) is 0.333. The molecule has 7 nitrogen and oxygen atoms in total. The van der Waals surface area contributed by atoms with Crippen molar-refractivity contribution in [3.63, 3.8) is 0 Å². The summed E-state index contributed by atoms with van der Waals surface area (Å²) in [5, 5.41) is 12.2. The molecule has 4 heterocycles. The van der Waals surface area contributed by atoms with Crippen molar-refractivity contribution >= 4 is 16.9 Å². The predicted octanol–water partition coefficient (Wildman–Crippen LogP) is 1.33. The Balaban J connectivity index is 1.49. The van der Waals surface area contributed by atoms with Crippen LogP contribution in [0.2, 0.25) is 0 Å². The van der Waals surface area contributed by atoms with Crippen molar-refractivity contribution in [2.45, 2.75) is 18.9 Å². The highest BCUT2D eigenvalue weighted by molar-refractivity contribution is 5.92. The average molecular weight is 336 g/mol. The summed E-state index contributed by atoms with van der Waals surface area (Å²) < 4.78 is 1.89. The van der Waals surface area contributed by atoms with Crippen LogP contribution in [-0.2, 0) is 6.54 Å². The maximum absolute atomic E-state index is 12.1. The third-order valence-electron chi connectivity index (χ3n) is 4.49. The van der Waals surface area contributed by atoms with Crippen molar-refractivity contribution in [1.82, 2.24) is 30.4 Å². The van der Waals surface area contributed by atoms with Gasteiger partial charge in [-0.3, -0.25) is 9.78 Å². The van der Waals surface area contributed by atoms with E-state index in [1.807, 2.05) is 10.7 Å². The smallest absolute Gasteiger partial charge is 0.269 e. The van der Waals surface area contributed by atoms with Gasteiger partial charge in [0.25, 0.3) is 5.91 Å². The molecule has 1 aliphatic rings. The molecule has 1 atom stereocenters. The zero-order valence-corrected chi connectivity index (χ0v) is 13.9. The summed E-state index contributed by atoms with van der Waals surface area (Å²) in [6.07, 6.45) is 4.49. The molecular formula is C18H20N6O. The summed E-state index contributed by atoms with van der Waals surface area (Å²) in [4.78, 5) is 20.6. The van der Waals surface area contributed by atoms with Crippen molar-refractivity contribution in [2.24, 2.45) is 0 Å². The lowest BCUT2D eigenvalue weighted by Crippen LogP contribution is -2.28. The molecule has 1 amide bonds. The fourth-order valence-electron chi connectivity index (χ4n) is 3.24. The van der Waals surface area contributed by atoms with Gasteiger partial charge in [0, 0.05) is 36.8 Å². The Morgan fingerprint density at radius 2 is 2.16 bits per heavy atom. The van der Waals surface area contributed by atoms with Crippen LogP contribution in [0.25, 0.3) is 11.0 Å². The molecule has 0 radical (unpaired) electrons. The van der Waals surface area contributed by atoms with E-state index in [9.17, 15) is 4.79 Å². The largest absolute Gasteiger partial charge is 0.349 e. The molecule has 0 aromatic carbocycles. The third-order valence-corrected chi connectivity index (χ3v) is 4.49. The summed E-state index contributed by atoms with van der Waals surface area (Å²) in [5.74, 6) is 0.251. The quantitative estimate of drug-likeness (QED) is 0.734. The minimum Gasteiger partial charge on any atom is -0.349 e. The van der Waals surface area contributed by atoms with Gasteiger partial charge in [0.05, 0.1) is 12.2 Å². The average Bonchev–Trinajstić information content (AvgIpc) is 3.30. The Morgan fingerprint density at radius 3 is 2.96 bits per heavy atom. The molecule has 3 aromatic rings. The van der Waals surface area contributed by atoms with Gasteiger partial charge < -0.3 is 10.6 Å². The molecule has 1 fully saturated rings.